The molecule has 3 N–H and O–H groups in total. The number of rotatable bonds is 2. The summed E-state index contributed by atoms with van der Waals surface area (Å²) in [5.74, 6) is 0.221. The Morgan fingerprint density at radius 3 is 2.92 bits per heavy atom. The molecular formula is C8H16N2O2. The van der Waals surface area contributed by atoms with Crippen LogP contribution in [0.2, 0.25) is 0 Å². The van der Waals surface area contributed by atoms with Crippen LogP contribution in [-0.2, 0) is 4.79 Å². The summed E-state index contributed by atoms with van der Waals surface area (Å²) in [5.41, 5.74) is 5.22. The summed E-state index contributed by atoms with van der Waals surface area (Å²) in [6.07, 6.45) is 0.573. The Balaban J connectivity index is 2.40. The summed E-state index contributed by atoms with van der Waals surface area (Å²) in [6.45, 7) is 3.24. The molecule has 2 unspecified atom stereocenters. The minimum absolute atomic E-state index is 0.0156. The standard InChI is InChI=1S/C8H16N2O2/c1-6(11)7-2-3-10(5-7)8(12)4-9/h6-7,11H,2-5,9H2,1H3. The second-order valence-electron chi connectivity index (χ2n) is 3.33. The molecule has 1 aliphatic heterocycles. The zero-order valence-electron chi connectivity index (χ0n) is 7.36. The third-order valence-corrected chi connectivity index (χ3v) is 2.43. The van der Waals surface area contributed by atoms with Crippen LogP contribution in [0.3, 0.4) is 0 Å². The van der Waals surface area contributed by atoms with E-state index in [1.165, 1.54) is 0 Å². The highest BCUT2D eigenvalue weighted by Crippen LogP contribution is 2.19. The number of aliphatic hydroxyl groups excluding tert-OH is 1. The molecule has 0 aliphatic carbocycles. The number of likely N-dealkylation sites (tertiary alicyclic amines) is 1. The number of carbonyl (C=O) groups is 1. The van der Waals surface area contributed by atoms with Crippen LogP contribution in [0, 0.1) is 5.92 Å². The first-order valence-electron chi connectivity index (χ1n) is 4.31. The van der Waals surface area contributed by atoms with Crippen molar-refractivity contribution in [2.45, 2.75) is 19.4 Å². The smallest absolute Gasteiger partial charge is 0.236 e. The van der Waals surface area contributed by atoms with Gasteiger partial charge in [0.2, 0.25) is 5.91 Å². The minimum Gasteiger partial charge on any atom is -0.393 e. The van der Waals surface area contributed by atoms with Gasteiger partial charge in [-0.05, 0) is 13.3 Å². The molecule has 1 fully saturated rings. The lowest BCUT2D eigenvalue weighted by Gasteiger charge is -2.16. The van der Waals surface area contributed by atoms with Crippen LogP contribution in [0.1, 0.15) is 13.3 Å². The van der Waals surface area contributed by atoms with Crippen molar-refractivity contribution in [3.8, 4) is 0 Å². The van der Waals surface area contributed by atoms with Gasteiger partial charge in [-0.3, -0.25) is 4.79 Å². The Hall–Kier alpha value is -0.610. The van der Waals surface area contributed by atoms with Gasteiger partial charge in [0.25, 0.3) is 0 Å². The van der Waals surface area contributed by atoms with E-state index in [1.807, 2.05) is 0 Å². The molecule has 1 aliphatic rings. The number of aliphatic hydroxyl groups is 1. The van der Waals surface area contributed by atoms with Gasteiger partial charge in [0.1, 0.15) is 0 Å². The van der Waals surface area contributed by atoms with E-state index in [1.54, 1.807) is 11.8 Å². The summed E-state index contributed by atoms with van der Waals surface area (Å²) in [6, 6.07) is 0. The first-order valence-corrected chi connectivity index (χ1v) is 4.31. The lowest BCUT2D eigenvalue weighted by Crippen LogP contribution is -2.35. The Kier molecular flexibility index (Phi) is 3.05. The highest BCUT2D eigenvalue weighted by atomic mass is 16.3. The first kappa shape index (κ1) is 9.48. The van der Waals surface area contributed by atoms with Gasteiger partial charge in [-0.2, -0.15) is 0 Å². The quantitative estimate of drug-likeness (QED) is 0.571. The first-order chi connectivity index (χ1) is 5.65. The van der Waals surface area contributed by atoms with Crippen LogP contribution in [-0.4, -0.2) is 41.7 Å². The molecule has 1 rings (SSSR count). The van der Waals surface area contributed by atoms with Crippen molar-refractivity contribution in [3.05, 3.63) is 0 Å². The minimum atomic E-state index is -0.319. The average molecular weight is 172 g/mol. The van der Waals surface area contributed by atoms with Gasteiger partial charge >= 0.3 is 0 Å². The third kappa shape index (κ3) is 1.95. The Morgan fingerprint density at radius 1 is 1.83 bits per heavy atom. The molecule has 2 atom stereocenters. The summed E-state index contributed by atoms with van der Waals surface area (Å²) < 4.78 is 0. The lowest BCUT2D eigenvalue weighted by atomic mass is 10.0. The van der Waals surface area contributed by atoms with Crippen molar-refractivity contribution in [1.82, 2.24) is 4.90 Å². The van der Waals surface area contributed by atoms with E-state index in [-0.39, 0.29) is 24.5 Å². The maximum Gasteiger partial charge on any atom is 0.236 e. The molecule has 0 aromatic heterocycles. The molecule has 4 heteroatoms. The molecule has 1 amide bonds. The zero-order chi connectivity index (χ0) is 9.14. The van der Waals surface area contributed by atoms with Crippen LogP contribution in [0.5, 0.6) is 0 Å². The summed E-state index contributed by atoms with van der Waals surface area (Å²) >= 11 is 0. The van der Waals surface area contributed by atoms with Crippen LogP contribution < -0.4 is 5.73 Å². The Bertz CT molecular complexity index is 170. The molecule has 1 heterocycles. The highest BCUT2D eigenvalue weighted by Gasteiger charge is 2.27. The van der Waals surface area contributed by atoms with E-state index in [2.05, 4.69) is 0 Å². The highest BCUT2D eigenvalue weighted by molar-refractivity contribution is 5.78. The van der Waals surface area contributed by atoms with Gasteiger partial charge < -0.3 is 15.7 Å². The monoisotopic (exact) mass is 172 g/mol. The lowest BCUT2D eigenvalue weighted by molar-refractivity contribution is -0.128. The van der Waals surface area contributed by atoms with E-state index in [0.29, 0.717) is 6.54 Å². The van der Waals surface area contributed by atoms with Crippen molar-refractivity contribution >= 4 is 5.91 Å². The molecule has 1 saturated heterocycles. The Morgan fingerprint density at radius 2 is 2.50 bits per heavy atom. The van der Waals surface area contributed by atoms with Gasteiger partial charge in [0.05, 0.1) is 12.6 Å². The number of nitrogens with zero attached hydrogens (tertiary/aromatic N) is 1. The maximum absolute atomic E-state index is 11.1. The predicted octanol–water partition coefficient (Wildman–Crippen LogP) is -0.826. The summed E-state index contributed by atoms with van der Waals surface area (Å²) in [7, 11) is 0. The summed E-state index contributed by atoms with van der Waals surface area (Å²) in [5, 5.41) is 9.26. The second-order valence-corrected chi connectivity index (χ2v) is 3.33. The van der Waals surface area contributed by atoms with Crippen LogP contribution in [0.25, 0.3) is 0 Å². The normalized spacial score (nSPS) is 25.9. The van der Waals surface area contributed by atoms with Crippen LogP contribution in [0.4, 0.5) is 0 Å². The molecule has 0 bridgehead atoms. The van der Waals surface area contributed by atoms with Gasteiger partial charge in [-0.1, -0.05) is 0 Å². The zero-order valence-corrected chi connectivity index (χ0v) is 7.36. The van der Waals surface area contributed by atoms with Gasteiger partial charge in [-0.15, -0.1) is 0 Å². The van der Waals surface area contributed by atoms with Crippen molar-refractivity contribution in [1.29, 1.82) is 0 Å². The largest absolute Gasteiger partial charge is 0.393 e. The fourth-order valence-electron chi connectivity index (χ4n) is 1.54. The van der Waals surface area contributed by atoms with Gasteiger partial charge in [-0.25, -0.2) is 0 Å². The number of nitrogens with two attached hydrogens (primary N) is 1. The van der Waals surface area contributed by atoms with E-state index in [0.717, 1.165) is 13.0 Å². The molecule has 0 aromatic carbocycles. The van der Waals surface area contributed by atoms with Crippen molar-refractivity contribution in [2.24, 2.45) is 11.7 Å². The van der Waals surface area contributed by atoms with Crippen LogP contribution in [0.15, 0.2) is 0 Å². The number of carbonyl (C=O) groups excluding carboxylic acids is 1. The molecule has 0 spiro atoms. The van der Waals surface area contributed by atoms with E-state index < -0.39 is 0 Å². The van der Waals surface area contributed by atoms with Crippen molar-refractivity contribution in [3.63, 3.8) is 0 Å². The van der Waals surface area contributed by atoms with E-state index >= 15 is 0 Å². The average Bonchev–Trinajstić information content (AvgIpc) is 2.51. The third-order valence-electron chi connectivity index (χ3n) is 2.43. The molecule has 0 aromatic rings. The van der Waals surface area contributed by atoms with E-state index in [9.17, 15) is 9.90 Å². The van der Waals surface area contributed by atoms with Crippen LogP contribution >= 0.6 is 0 Å². The van der Waals surface area contributed by atoms with Crippen molar-refractivity contribution < 1.29 is 9.90 Å². The van der Waals surface area contributed by atoms with Crippen molar-refractivity contribution in [2.75, 3.05) is 19.6 Å². The predicted molar refractivity (Wildman–Crippen MR) is 45.4 cm³/mol. The molecule has 0 radical (unpaired) electrons. The molecule has 0 saturated carbocycles. The number of hydrogen-bond acceptors (Lipinski definition) is 3. The maximum atomic E-state index is 11.1. The van der Waals surface area contributed by atoms with E-state index in [4.69, 9.17) is 5.73 Å². The molecule has 4 nitrogen and oxygen atoms in total. The topological polar surface area (TPSA) is 66.6 Å². The molecule has 70 valence electrons. The number of hydrogen-bond donors (Lipinski definition) is 2. The van der Waals surface area contributed by atoms with Gasteiger partial charge in [0.15, 0.2) is 0 Å². The molecular weight excluding hydrogens is 156 g/mol. The Labute approximate surface area is 72.3 Å². The summed E-state index contributed by atoms with van der Waals surface area (Å²) in [4.78, 5) is 12.8. The fraction of sp³-hybridized carbons (Fsp3) is 0.875. The fourth-order valence-corrected chi connectivity index (χ4v) is 1.54. The molecule has 12 heavy (non-hydrogen) atoms. The second kappa shape index (κ2) is 3.87. The van der Waals surface area contributed by atoms with Gasteiger partial charge in [0, 0.05) is 19.0 Å². The SMILES string of the molecule is CC(O)C1CCN(C(=O)CN)C1. The number of amides is 1.